The lowest BCUT2D eigenvalue weighted by Gasteiger charge is -2.12. The van der Waals surface area contributed by atoms with Gasteiger partial charge in [0.15, 0.2) is 5.17 Å². The highest BCUT2D eigenvalue weighted by Gasteiger charge is 2.32. The third-order valence-corrected chi connectivity index (χ3v) is 5.40. The molecule has 1 fully saturated rings. The third-order valence-electron chi connectivity index (χ3n) is 4.16. The summed E-state index contributed by atoms with van der Waals surface area (Å²) in [6.45, 7) is 5.33. The van der Waals surface area contributed by atoms with Crippen LogP contribution in [0.25, 0.3) is 6.08 Å². The van der Waals surface area contributed by atoms with E-state index in [1.807, 2.05) is 49.4 Å². The number of aliphatic imine (C=N–C) groups is 1. The van der Waals surface area contributed by atoms with E-state index in [9.17, 15) is 4.79 Å². The molecule has 0 atom stereocenters. The van der Waals surface area contributed by atoms with Crippen molar-refractivity contribution >= 4 is 46.2 Å². The van der Waals surface area contributed by atoms with Crippen molar-refractivity contribution in [2.45, 2.75) is 26.7 Å². The Bertz CT molecular complexity index is 911. The van der Waals surface area contributed by atoms with Crippen molar-refractivity contribution in [3.05, 3.63) is 64.0 Å². The maximum atomic E-state index is 12.8. The van der Waals surface area contributed by atoms with Crippen LogP contribution in [0.4, 0.5) is 5.69 Å². The number of carbonyl (C=O) groups excluding carboxylic acids is 1. The van der Waals surface area contributed by atoms with E-state index in [1.54, 1.807) is 17.0 Å². The molecule has 1 aliphatic rings. The molecule has 0 spiro atoms. The zero-order valence-corrected chi connectivity index (χ0v) is 17.6. The fraction of sp³-hybridized carbons (Fsp3) is 0.273. The van der Waals surface area contributed by atoms with Crippen LogP contribution in [0.1, 0.15) is 32.3 Å². The predicted molar refractivity (Wildman–Crippen MR) is 118 cm³/mol. The van der Waals surface area contributed by atoms with Crippen LogP contribution in [0.3, 0.4) is 0 Å². The van der Waals surface area contributed by atoms with Gasteiger partial charge in [-0.1, -0.05) is 43.1 Å². The molecular formula is C22H23ClN2O2S. The zero-order chi connectivity index (χ0) is 19.9. The first kappa shape index (κ1) is 20.5. The Labute approximate surface area is 175 Å². The van der Waals surface area contributed by atoms with Gasteiger partial charge in [-0.3, -0.25) is 9.69 Å². The van der Waals surface area contributed by atoms with Crippen LogP contribution in [-0.2, 0) is 4.79 Å². The Morgan fingerprint density at radius 2 is 2.00 bits per heavy atom. The van der Waals surface area contributed by atoms with Gasteiger partial charge in [-0.25, -0.2) is 4.99 Å². The Balaban J connectivity index is 1.83. The van der Waals surface area contributed by atoms with Crippen LogP contribution in [-0.4, -0.2) is 29.1 Å². The van der Waals surface area contributed by atoms with Crippen LogP contribution >= 0.6 is 23.4 Å². The van der Waals surface area contributed by atoms with E-state index in [4.69, 9.17) is 16.3 Å². The van der Waals surface area contributed by atoms with E-state index in [2.05, 4.69) is 11.9 Å². The maximum absolute atomic E-state index is 12.8. The monoisotopic (exact) mass is 414 g/mol. The van der Waals surface area contributed by atoms with Crippen molar-refractivity contribution in [2.75, 3.05) is 13.2 Å². The number of nitrogens with zero attached hydrogens (tertiary/aromatic N) is 2. The van der Waals surface area contributed by atoms with Crippen LogP contribution < -0.4 is 4.74 Å². The quantitative estimate of drug-likeness (QED) is 0.403. The highest BCUT2D eigenvalue weighted by molar-refractivity contribution is 8.18. The minimum Gasteiger partial charge on any atom is -0.494 e. The smallest absolute Gasteiger partial charge is 0.266 e. The molecule has 2 aromatic rings. The molecule has 0 aliphatic carbocycles. The first-order chi connectivity index (χ1) is 13.6. The Morgan fingerprint density at radius 1 is 1.18 bits per heavy atom. The zero-order valence-electron chi connectivity index (χ0n) is 16.0. The number of ether oxygens (including phenoxy) is 1. The summed E-state index contributed by atoms with van der Waals surface area (Å²) in [5, 5.41) is 1.28. The van der Waals surface area contributed by atoms with Crippen molar-refractivity contribution < 1.29 is 9.53 Å². The molecule has 1 saturated heterocycles. The molecule has 3 rings (SSSR count). The molecule has 0 N–H and O–H groups in total. The van der Waals surface area contributed by atoms with Gasteiger partial charge >= 0.3 is 0 Å². The second-order valence-corrected chi connectivity index (χ2v) is 7.75. The van der Waals surface area contributed by atoms with Crippen molar-refractivity contribution in [1.82, 2.24) is 4.90 Å². The highest BCUT2D eigenvalue weighted by atomic mass is 35.5. The minimum absolute atomic E-state index is 0.0365. The summed E-state index contributed by atoms with van der Waals surface area (Å²) in [5.74, 6) is 0.781. The molecule has 0 saturated carbocycles. The topological polar surface area (TPSA) is 41.9 Å². The van der Waals surface area contributed by atoms with Gasteiger partial charge in [-0.15, -0.1) is 0 Å². The lowest BCUT2D eigenvalue weighted by Crippen LogP contribution is -2.28. The summed E-state index contributed by atoms with van der Waals surface area (Å²) in [7, 11) is 0. The summed E-state index contributed by atoms with van der Waals surface area (Å²) in [5.41, 5.74) is 1.67. The number of amides is 1. The van der Waals surface area contributed by atoms with E-state index in [-0.39, 0.29) is 5.91 Å². The van der Waals surface area contributed by atoms with Gasteiger partial charge in [0, 0.05) is 11.6 Å². The SMILES string of the molecule is CCCCOc1cccc(/C=C2/SC(=Nc3cccc(Cl)c3)N(CC)C2=O)c1. The number of hydrogen-bond donors (Lipinski definition) is 0. The molecular weight excluding hydrogens is 392 g/mol. The van der Waals surface area contributed by atoms with E-state index in [1.165, 1.54) is 11.8 Å². The number of likely N-dealkylation sites (N-methyl/N-ethyl adjacent to an activating group) is 1. The number of amidine groups is 1. The Morgan fingerprint density at radius 3 is 2.75 bits per heavy atom. The molecule has 146 valence electrons. The lowest BCUT2D eigenvalue weighted by atomic mass is 10.2. The van der Waals surface area contributed by atoms with Gasteiger partial charge < -0.3 is 4.74 Å². The van der Waals surface area contributed by atoms with E-state index < -0.39 is 0 Å². The van der Waals surface area contributed by atoms with E-state index in [0.29, 0.717) is 28.2 Å². The molecule has 0 aromatic heterocycles. The Hall–Kier alpha value is -2.24. The van der Waals surface area contributed by atoms with Crippen LogP contribution in [0.5, 0.6) is 5.75 Å². The second kappa shape index (κ2) is 9.80. The molecule has 6 heteroatoms. The fourth-order valence-electron chi connectivity index (χ4n) is 2.71. The predicted octanol–water partition coefficient (Wildman–Crippen LogP) is 6.14. The lowest BCUT2D eigenvalue weighted by molar-refractivity contribution is -0.122. The third kappa shape index (κ3) is 5.18. The average molecular weight is 415 g/mol. The molecule has 1 aliphatic heterocycles. The van der Waals surface area contributed by atoms with Crippen LogP contribution in [0, 0.1) is 0 Å². The summed E-state index contributed by atoms with van der Waals surface area (Å²) in [6.07, 6.45) is 4.01. The summed E-state index contributed by atoms with van der Waals surface area (Å²) in [6, 6.07) is 15.1. The molecule has 2 aromatic carbocycles. The number of carbonyl (C=O) groups is 1. The van der Waals surface area contributed by atoms with Gasteiger partial charge in [0.25, 0.3) is 5.91 Å². The van der Waals surface area contributed by atoms with Crippen molar-refractivity contribution in [2.24, 2.45) is 4.99 Å². The average Bonchev–Trinajstić information content (AvgIpc) is 2.96. The van der Waals surface area contributed by atoms with Crippen LogP contribution in [0.2, 0.25) is 5.02 Å². The van der Waals surface area contributed by atoms with Gasteiger partial charge in [0.1, 0.15) is 5.75 Å². The standard InChI is InChI=1S/C22H23ClN2O2S/c1-3-5-12-27-19-11-6-8-16(13-19)14-20-21(26)25(4-2)22(28-20)24-18-10-7-9-17(23)15-18/h6-11,13-15H,3-5,12H2,1-2H3/b20-14+,24-22?. The maximum Gasteiger partial charge on any atom is 0.266 e. The molecule has 1 amide bonds. The van der Waals surface area contributed by atoms with Crippen molar-refractivity contribution in [3.8, 4) is 5.75 Å². The molecule has 0 unspecified atom stereocenters. The van der Waals surface area contributed by atoms with Crippen molar-refractivity contribution in [3.63, 3.8) is 0 Å². The first-order valence-electron chi connectivity index (χ1n) is 9.39. The van der Waals surface area contributed by atoms with Gasteiger partial charge in [-0.05, 0) is 67.1 Å². The normalized spacial score (nSPS) is 17.0. The number of unbranched alkanes of at least 4 members (excludes halogenated alkanes) is 1. The minimum atomic E-state index is -0.0365. The number of hydrogen-bond acceptors (Lipinski definition) is 4. The number of rotatable bonds is 7. The van der Waals surface area contributed by atoms with Crippen LogP contribution in [0.15, 0.2) is 58.4 Å². The van der Waals surface area contributed by atoms with Gasteiger partial charge in [0.05, 0.1) is 17.2 Å². The van der Waals surface area contributed by atoms with E-state index in [0.717, 1.165) is 29.8 Å². The van der Waals surface area contributed by atoms with Gasteiger partial charge in [-0.2, -0.15) is 0 Å². The molecule has 4 nitrogen and oxygen atoms in total. The van der Waals surface area contributed by atoms with E-state index >= 15 is 0 Å². The number of halogens is 1. The second-order valence-electron chi connectivity index (χ2n) is 6.31. The molecule has 1 heterocycles. The molecule has 28 heavy (non-hydrogen) atoms. The number of thioether (sulfide) groups is 1. The number of benzene rings is 2. The summed E-state index contributed by atoms with van der Waals surface area (Å²) in [4.78, 5) is 19.7. The summed E-state index contributed by atoms with van der Waals surface area (Å²) < 4.78 is 5.76. The van der Waals surface area contributed by atoms with Crippen molar-refractivity contribution in [1.29, 1.82) is 0 Å². The van der Waals surface area contributed by atoms with Gasteiger partial charge in [0.2, 0.25) is 0 Å². The largest absolute Gasteiger partial charge is 0.494 e. The first-order valence-corrected chi connectivity index (χ1v) is 10.6. The molecule has 0 bridgehead atoms. The summed E-state index contributed by atoms with van der Waals surface area (Å²) >= 11 is 7.42. The highest BCUT2D eigenvalue weighted by Crippen LogP contribution is 2.34. The fourth-order valence-corrected chi connectivity index (χ4v) is 3.95. The Kier molecular flexibility index (Phi) is 7.18. The molecule has 0 radical (unpaired) electrons.